The van der Waals surface area contributed by atoms with Crippen molar-refractivity contribution in [1.82, 2.24) is 9.78 Å². The summed E-state index contributed by atoms with van der Waals surface area (Å²) in [7, 11) is 2.56. The average Bonchev–Trinajstić information content (AvgIpc) is 3.31. The van der Waals surface area contributed by atoms with Crippen molar-refractivity contribution in [2.24, 2.45) is 0 Å². The number of rotatable bonds is 6. The van der Waals surface area contributed by atoms with Crippen molar-refractivity contribution in [3.8, 4) is 0 Å². The Morgan fingerprint density at radius 2 is 1.83 bits per heavy atom. The maximum atomic E-state index is 12.2. The van der Waals surface area contributed by atoms with Crippen LogP contribution in [0.25, 0.3) is 0 Å². The van der Waals surface area contributed by atoms with Gasteiger partial charge >= 0.3 is 11.9 Å². The van der Waals surface area contributed by atoms with Gasteiger partial charge in [0.2, 0.25) is 0 Å². The predicted molar refractivity (Wildman–Crippen MR) is 119 cm³/mol. The van der Waals surface area contributed by atoms with Crippen molar-refractivity contribution in [3.63, 3.8) is 0 Å². The maximum absolute atomic E-state index is 12.2. The van der Waals surface area contributed by atoms with E-state index in [9.17, 15) is 9.59 Å². The second-order valence-corrected chi connectivity index (χ2v) is 7.66. The van der Waals surface area contributed by atoms with Crippen LogP contribution in [0.5, 0.6) is 0 Å². The van der Waals surface area contributed by atoms with Crippen LogP contribution in [0.2, 0.25) is 0 Å². The lowest BCUT2D eigenvalue weighted by Gasteiger charge is -2.09. The van der Waals surface area contributed by atoms with Crippen molar-refractivity contribution in [3.05, 3.63) is 64.3 Å². The number of nitrogens with one attached hydrogen (secondary N) is 2. The minimum atomic E-state index is -0.570. The average molecular weight is 445 g/mol. The summed E-state index contributed by atoms with van der Waals surface area (Å²) in [5, 5.41) is 11.0. The SMILES string of the molecule is COC(=O)c1sc(NC(=S)Nc2cnn(Cc3ccccc3)c2)c(C(=O)OC)c1C. The molecule has 0 amide bonds. The van der Waals surface area contributed by atoms with Gasteiger partial charge in [0, 0.05) is 6.20 Å². The highest BCUT2D eigenvalue weighted by Gasteiger charge is 2.26. The van der Waals surface area contributed by atoms with E-state index in [2.05, 4.69) is 15.7 Å². The molecule has 2 heterocycles. The van der Waals surface area contributed by atoms with Crippen molar-refractivity contribution in [1.29, 1.82) is 0 Å². The molecule has 156 valence electrons. The highest BCUT2D eigenvalue weighted by Crippen LogP contribution is 2.34. The highest BCUT2D eigenvalue weighted by molar-refractivity contribution is 7.80. The number of benzene rings is 1. The van der Waals surface area contributed by atoms with Crippen LogP contribution in [0.1, 0.15) is 31.2 Å². The summed E-state index contributed by atoms with van der Waals surface area (Å²) in [6, 6.07) is 9.95. The monoisotopic (exact) mass is 444 g/mol. The Labute approximate surface area is 182 Å². The predicted octanol–water partition coefficient (Wildman–Crippen LogP) is 3.68. The van der Waals surface area contributed by atoms with Gasteiger partial charge < -0.3 is 20.1 Å². The lowest BCUT2D eigenvalue weighted by Crippen LogP contribution is -2.20. The molecular formula is C20H20N4O4S2. The molecule has 1 aromatic carbocycles. The first-order valence-electron chi connectivity index (χ1n) is 8.87. The number of thiophene rings is 1. The minimum absolute atomic E-state index is 0.242. The fraction of sp³-hybridized carbons (Fsp3) is 0.200. The summed E-state index contributed by atoms with van der Waals surface area (Å²) >= 11 is 6.44. The number of carbonyl (C=O) groups excluding carboxylic acids is 2. The Morgan fingerprint density at radius 1 is 1.13 bits per heavy atom. The zero-order valence-corrected chi connectivity index (χ0v) is 18.2. The molecule has 3 aromatic rings. The third-order valence-corrected chi connectivity index (χ3v) is 5.60. The summed E-state index contributed by atoms with van der Waals surface area (Å²) in [6.07, 6.45) is 3.47. The molecule has 8 nitrogen and oxygen atoms in total. The Bertz CT molecular complexity index is 1080. The molecule has 0 saturated heterocycles. The van der Waals surface area contributed by atoms with Crippen LogP contribution >= 0.6 is 23.6 Å². The van der Waals surface area contributed by atoms with Crippen LogP contribution in [-0.2, 0) is 16.0 Å². The van der Waals surface area contributed by atoms with Crippen LogP contribution in [0.15, 0.2) is 42.7 Å². The van der Waals surface area contributed by atoms with Crippen molar-refractivity contribution in [2.45, 2.75) is 13.5 Å². The van der Waals surface area contributed by atoms with Gasteiger partial charge in [0.25, 0.3) is 0 Å². The molecule has 0 bridgehead atoms. The van der Waals surface area contributed by atoms with E-state index in [1.54, 1.807) is 17.8 Å². The van der Waals surface area contributed by atoms with E-state index in [4.69, 9.17) is 21.7 Å². The van der Waals surface area contributed by atoms with Crippen LogP contribution in [0.3, 0.4) is 0 Å². The zero-order valence-electron chi connectivity index (χ0n) is 16.6. The number of thiocarbonyl (C=S) groups is 1. The first-order chi connectivity index (χ1) is 14.4. The number of ether oxygens (including phenoxy) is 2. The molecule has 0 saturated carbocycles. The van der Waals surface area contributed by atoms with E-state index in [1.807, 2.05) is 36.5 Å². The van der Waals surface area contributed by atoms with Gasteiger partial charge in [0.05, 0.1) is 38.2 Å². The van der Waals surface area contributed by atoms with Gasteiger partial charge in [-0.05, 0) is 30.3 Å². The van der Waals surface area contributed by atoms with E-state index in [-0.39, 0.29) is 10.7 Å². The first-order valence-corrected chi connectivity index (χ1v) is 10.1. The van der Waals surface area contributed by atoms with E-state index >= 15 is 0 Å². The second kappa shape index (κ2) is 9.51. The molecule has 0 spiro atoms. The number of hydrogen-bond acceptors (Lipinski definition) is 7. The summed E-state index contributed by atoms with van der Waals surface area (Å²) < 4.78 is 11.4. The molecule has 0 unspecified atom stereocenters. The van der Waals surface area contributed by atoms with Crippen molar-refractivity contribution < 1.29 is 19.1 Å². The molecule has 10 heteroatoms. The molecule has 0 radical (unpaired) electrons. The topological polar surface area (TPSA) is 94.5 Å². The van der Waals surface area contributed by atoms with Gasteiger partial charge in [-0.15, -0.1) is 11.3 Å². The van der Waals surface area contributed by atoms with Gasteiger partial charge in [0.1, 0.15) is 9.88 Å². The fourth-order valence-corrected chi connectivity index (χ4v) is 4.19. The number of carbonyl (C=O) groups is 2. The Morgan fingerprint density at radius 3 is 2.50 bits per heavy atom. The molecule has 3 rings (SSSR count). The molecule has 0 aliphatic rings. The molecule has 30 heavy (non-hydrogen) atoms. The Balaban J connectivity index is 1.73. The molecule has 0 aliphatic carbocycles. The zero-order chi connectivity index (χ0) is 21.7. The number of aromatic nitrogens is 2. The van der Waals surface area contributed by atoms with Gasteiger partial charge in [-0.25, -0.2) is 9.59 Å². The summed E-state index contributed by atoms with van der Waals surface area (Å²) in [5.74, 6) is -1.10. The standard InChI is InChI=1S/C20H20N4O4S2/c1-12-15(18(25)27-2)17(30-16(12)19(26)28-3)23-20(29)22-14-9-21-24(11-14)10-13-7-5-4-6-8-13/h4-9,11H,10H2,1-3H3,(H2,22,23,29). The minimum Gasteiger partial charge on any atom is -0.465 e. The fourth-order valence-electron chi connectivity index (χ4n) is 2.79. The van der Waals surface area contributed by atoms with E-state index < -0.39 is 11.9 Å². The molecule has 0 atom stereocenters. The largest absolute Gasteiger partial charge is 0.465 e. The van der Waals surface area contributed by atoms with E-state index in [0.29, 0.717) is 27.7 Å². The first kappa shape index (κ1) is 21.5. The summed E-state index contributed by atoms with van der Waals surface area (Å²) in [4.78, 5) is 24.5. The molecular weight excluding hydrogens is 424 g/mol. The number of anilines is 2. The lowest BCUT2D eigenvalue weighted by molar-refractivity contribution is 0.0601. The van der Waals surface area contributed by atoms with Gasteiger partial charge in [-0.2, -0.15) is 5.10 Å². The van der Waals surface area contributed by atoms with Crippen LogP contribution < -0.4 is 10.6 Å². The van der Waals surface area contributed by atoms with Crippen LogP contribution in [-0.4, -0.2) is 41.1 Å². The van der Waals surface area contributed by atoms with Gasteiger partial charge in [0.15, 0.2) is 5.11 Å². The molecule has 2 N–H and O–H groups in total. The second-order valence-electron chi connectivity index (χ2n) is 6.23. The van der Waals surface area contributed by atoms with E-state index in [0.717, 1.165) is 16.9 Å². The Hall–Kier alpha value is -3.24. The van der Waals surface area contributed by atoms with Gasteiger partial charge in [-0.1, -0.05) is 30.3 Å². The molecule has 0 aliphatic heterocycles. The normalized spacial score (nSPS) is 10.4. The number of nitrogens with zero attached hydrogens (tertiary/aromatic N) is 2. The maximum Gasteiger partial charge on any atom is 0.348 e. The van der Waals surface area contributed by atoms with Gasteiger partial charge in [-0.3, -0.25) is 4.68 Å². The quantitative estimate of drug-likeness (QED) is 0.439. The third-order valence-electron chi connectivity index (χ3n) is 4.21. The Kier molecular flexibility index (Phi) is 6.80. The molecule has 2 aromatic heterocycles. The summed E-state index contributed by atoms with van der Waals surface area (Å²) in [6.45, 7) is 2.28. The smallest absolute Gasteiger partial charge is 0.348 e. The van der Waals surface area contributed by atoms with Crippen molar-refractivity contribution >= 4 is 51.3 Å². The highest BCUT2D eigenvalue weighted by atomic mass is 32.1. The van der Waals surface area contributed by atoms with Crippen molar-refractivity contribution in [2.75, 3.05) is 24.9 Å². The van der Waals surface area contributed by atoms with E-state index in [1.165, 1.54) is 14.2 Å². The number of hydrogen-bond donors (Lipinski definition) is 2. The lowest BCUT2D eigenvalue weighted by atomic mass is 10.1. The van der Waals surface area contributed by atoms with Crippen LogP contribution in [0.4, 0.5) is 10.7 Å². The summed E-state index contributed by atoms with van der Waals surface area (Å²) in [5.41, 5.74) is 2.52. The third kappa shape index (κ3) is 4.84. The number of esters is 2. The van der Waals surface area contributed by atoms with Crippen LogP contribution in [0, 0.1) is 6.92 Å². The molecule has 0 fully saturated rings. The number of methoxy groups -OCH3 is 2.